The fourth-order valence-corrected chi connectivity index (χ4v) is 0.431. The summed E-state index contributed by atoms with van der Waals surface area (Å²) in [5, 5.41) is 0. The van der Waals surface area contributed by atoms with Crippen molar-refractivity contribution in [3.8, 4) is 0 Å². The minimum Gasteiger partial charge on any atom is -0.287 e. The van der Waals surface area contributed by atoms with Crippen LogP contribution in [-0.4, -0.2) is 11.8 Å². The highest BCUT2D eigenvalue weighted by atomic mass is 31.2. The molecule has 0 rings (SSSR count). The minimum absolute atomic E-state index is 3.58. The monoisotopic (exact) mass is 201 g/mol. The lowest BCUT2D eigenvalue weighted by atomic mass is 11.5. The van der Waals surface area contributed by atoms with E-state index < -0.39 is 19.1 Å². The van der Waals surface area contributed by atoms with Gasteiger partial charge >= 0.3 is 19.1 Å². The van der Waals surface area contributed by atoms with E-state index in [-0.39, 0.29) is 0 Å². The molecule has 0 aromatic carbocycles. The molecule has 68 valence electrons. The van der Waals surface area contributed by atoms with E-state index >= 15 is 0 Å². The van der Waals surface area contributed by atoms with Gasteiger partial charge in [0, 0.05) is 0 Å². The third-order valence-corrected chi connectivity index (χ3v) is 2.26. The average molecular weight is 201 g/mol. The molecule has 0 radical (unpaired) electrons. The Morgan fingerprint density at radius 1 is 0.909 bits per heavy atom. The summed E-state index contributed by atoms with van der Waals surface area (Å²) in [4.78, 5) is 0. The van der Waals surface area contributed by atoms with E-state index in [1.807, 2.05) is 0 Å². The fourth-order valence-electron chi connectivity index (χ4n) is 0.144. The smallest absolute Gasteiger partial charge is 0.287 e. The van der Waals surface area contributed by atoms with Crippen molar-refractivity contribution < 1.29 is 30.9 Å². The molecule has 0 amide bonds. The van der Waals surface area contributed by atoms with E-state index in [9.17, 15) is 30.9 Å². The van der Waals surface area contributed by atoms with Crippen LogP contribution in [0, 0.1) is 0 Å². The van der Waals surface area contributed by atoms with Crippen LogP contribution in [0.5, 0.6) is 0 Å². The van der Waals surface area contributed by atoms with Gasteiger partial charge in [-0.25, -0.2) is 0 Å². The summed E-state index contributed by atoms with van der Waals surface area (Å²) in [5.41, 5.74) is 3.58. The molecule has 0 aliphatic rings. The van der Waals surface area contributed by atoms with Crippen molar-refractivity contribution >= 4 is 7.29 Å². The van der Waals surface area contributed by atoms with Gasteiger partial charge in [0.05, 0.1) is 0 Å². The van der Waals surface area contributed by atoms with Crippen molar-refractivity contribution in [2.45, 2.75) is 11.8 Å². The zero-order chi connectivity index (χ0) is 9.50. The first-order valence-corrected chi connectivity index (χ1v) is 3.80. The molecule has 9 heteroatoms. The van der Waals surface area contributed by atoms with Crippen molar-refractivity contribution in [2.24, 2.45) is 5.50 Å². The highest BCUT2D eigenvalue weighted by Crippen LogP contribution is 2.65. The lowest BCUT2D eigenvalue weighted by molar-refractivity contribution is -0.0941. The fraction of sp³-hybridized carbons (Fsp3) is 1.00. The summed E-state index contributed by atoms with van der Waals surface area (Å²) in [5.74, 6) is -11.8. The Balaban J connectivity index is 4.92. The largest absolute Gasteiger partial charge is 0.462 e. The Kier molecular flexibility index (Phi) is 2.33. The van der Waals surface area contributed by atoms with Gasteiger partial charge in [-0.3, -0.25) is 10.1 Å². The average Bonchev–Trinajstić information content (AvgIpc) is 1.58. The van der Waals surface area contributed by atoms with Crippen molar-refractivity contribution in [3.63, 3.8) is 0 Å². The molecular formula is C2H2F6NOP. The quantitative estimate of drug-likeness (QED) is 0.482. The van der Waals surface area contributed by atoms with E-state index in [0.29, 0.717) is 0 Å². The molecule has 0 aromatic heterocycles. The van der Waals surface area contributed by atoms with Crippen molar-refractivity contribution in [2.75, 3.05) is 0 Å². The SMILES string of the molecule is NP(=O)(C(F)(F)F)C(F)(F)F. The molecule has 0 bridgehead atoms. The molecule has 0 aliphatic carbocycles. The highest BCUT2D eigenvalue weighted by molar-refractivity contribution is 7.63. The third kappa shape index (κ3) is 1.87. The molecular weight excluding hydrogens is 199 g/mol. The van der Waals surface area contributed by atoms with Gasteiger partial charge in [-0.1, -0.05) is 0 Å². The van der Waals surface area contributed by atoms with E-state index in [2.05, 4.69) is 5.50 Å². The first-order chi connectivity index (χ1) is 4.50. The van der Waals surface area contributed by atoms with Crippen LogP contribution in [0.2, 0.25) is 0 Å². The van der Waals surface area contributed by atoms with E-state index in [4.69, 9.17) is 0 Å². The van der Waals surface area contributed by atoms with Gasteiger partial charge in [0.25, 0.3) is 0 Å². The Morgan fingerprint density at radius 3 is 1.09 bits per heavy atom. The van der Waals surface area contributed by atoms with Crippen LogP contribution in [0.25, 0.3) is 0 Å². The zero-order valence-electron chi connectivity index (χ0n) is 4.70. The van der Waals surface area contributed by atoms with E-state index in [0.717, 1.165) is 0 Å². The summed E-state index contributed by atoms with van der Waals surface area (Å²) in [6, 6.07) is 0. The van der Waals surface area contributed by atoms with Crippen molar-refractivity contribution in [1.82, 2.24) is 0 Å². The van der Waals surface area contributed by atoms with Crippen LogP contribution in [0.4, 0.5) is 26.3 Å². The Bertz CT molecular complexity index is 174. The second kappa shape index (κ2) is 2.38. The molecule has 2 nitrogen and oxygen atoms in total. The summed E-state index contributed by atoms with van der Waals surface area (Å²) >= 11 is 0. The molecule has 0 atom stereocenters. The Labute approximate surface area is 56.8 Å². The normalized spacial score (nSPS) is 15.2. The highest BCUT2D eigenvalue weighted by Gasteiger charge is 2.65. The van der Waals surface area contributed by atoms with Crippen LogP contribution in [0.15, 0.2) is 0 Å². The van der Waals surface area contributed by atoms with Crippen LogP contribution < -0.4 is 5.50 Å². The van der Waals surface area contributed by atoms with Crippen molar-refractivity contribution in [3.05, 3.63) is 0 Å². The van der Waals surface area contributed by atoms with Gasteiger partial charge in [0.15, 0.2) is 0 Å². The second-order valence-electron chi connectivity index (χ2n) is 1.59. The van der Waals surface area contributed by atoms with E-state index in [1.54, 1.807) is 0 Å². The molecule has 0 spiro atoms. The first-order valence-electron chi connectivity index (χ1n) is 2.02. The maximum Gasteiger partial charge on any atom is 0.462 e. The van der Waals surface area contributed by atoms with Crippen LogP contribution in [0.1, 0.15) is 0 Å². The maximum absolute atomic E-state index is 11.2. The maximum atomic E-state index is 11.2. The van der Waals surface area contributed by atoms with Crippen LogP contribution in [0.3, 0.4) is 0 Å². The van der Waals surface area contributed by atoms with Gasteiger partial charge in [0.1, 0.15) is 0 Å². The Morgan fingerprint density at radius 2 is 1.09 bits per heavy atom. The molecule has 0 fully saturated rings. The van der Waals surface area contributed by atoms with Crippen LogP contribution >= 0.6 is 7.29 Å². The van der Waals surface area contributed by atoms with Gasteiger partial charge < -0.3 is 0 Å². The van der Waals surface area contributed by atoms with E-state index in [1.165, 1.54) is 0 Å². The number of hydrogen-bond acceptors (Lipinski definition) is 1. The number of nitrogens with two attached hydrogens (primary N) is 1. The lowest BCUT2D eigenvalue weighted by Crippen LogP contribution is -2.27. The third-order valence-electron chi connectivity index (χ3n) is 0.753. The summed E-state index contributed by atoms with van der Waals surface area (Å²) in [6.07, 6.45) is 0. The summed E-state index contributed by atoms with van der Waals surface area (Å²) < 4.78 is 77.1. The molecule has 0 aromatic rings. The number of halogens is 6. The first kappa shape index (κ1) is 10.8. The molecule has 11 heavy (non-hydrogen) atoms. The molecule has 0 saturated heterocycles. The molecule has 0 unspecified atom stereocenters. The second-order valence-corrected chi connectivity index (χ2v) is 3.92. The Hall–Kier alpha value is -0.230. The zero-order valence-corrected chi connectivity index (χ0v) is 5.60. The lowest BCUT2D eigenvalue weighted by Gasteiger charge is -2.18. The van der Waals surface area contributed by atoms with Gasteiger partial charge in [0.2, 0.25) is 0 Å². The topological polar surface area (TPSA) is 43.1 Å². The molecule has 0 heterocycles. The van der Waals surface area contributed by atoms with Gasteiger partial charge in [-0.05, 0) is 0 Å². The van der Waals surface area contributed by atoms with Gasteiger partial charge in [-0.15, -0.1) is 0 Å². The number of rotatable bonds is 0. The van der Waals surface area contributed by atoms with Crippen LogP contribution in [-0.2, 0) is 4.57 Å². The summed E-state index contributed by atoms with van der Waals surface area (Å²) in [7, 11) is -6.56. The number of hydrogen-bond donors (Lipinski definition) is 1. The molecule has 0 saturated carbocycles. The number of alkyl halides is 6. The molecule has 0 aliphatic heterocycles. The predicted molar refractivity (Wildman–Crippen MR) is 23.9 cm³/mol. The minimum atomic E-state index is -6.56. The van der Waals surface area contributed by atoms with Crippen molar-refractivity contribution in [1.29, 1.82) is 0 Å². The standard InChI is InChI=1S/C2H2F6NOP/c3-1(4,5)11(9,10)2(6,7)8/h(H2,9,10). The summed E-state index contributed by atoms with van der Waals surface area (Å²) in [6.45, 7) is 0. The predicted octanol–water partition coefficient (Wildman–Crippen LogP) is 2.26. The van der Waals surface area contributed by atoms with Gasteiger partial charge in [-0.2, -0.15) is 26.3 Å². The molecule has 2 N–H and O–H groups in total.